The van der Waals surface area contributed by atoms with Crippen molar-refractivity contribution >= 4 is 19.7 Å². The van der Waals surface area contributed by atoms with Crippen LogP contribution in [0.2, 0.25) is 0 Å². The van der Waals surface area contributed by atoms with Gasteiger partial charge in [0.2, 0.25) is 5.91 Å². The third-order valence-corrected chi connectivity index (χ3v) is 16.6. The van der Waals surface area contributed by atoms with E-state index < -0.39 is 20.0 Å². The first-order chi connectivity index (χ1) is 37.9. The summed E-state index contributed by atoms with van der Waals surface area (Å²) >= 11 is 0. The van der Waals surface area contributed by atoms with Crippen LogP contribution >= 0.6 is 7.82 Å². The molecule has 0 aromatic rings. The van der Waals surface area contributed by atoms with Gasteiger partial charge in [-0.3, -0.25) is 18.6 Å². The van der Waals surface area contributed by atoms with Gasteiger partial charge >= 0.3 is 13.8 Å². The van der Waals surface area contributed by atoms with Crippen LogP contribution in [0, 0.1) is 0 Å². The maximum atomic E-state index is 13.6. The van der Waals surface area contributed by atoms with Crippen LogP contribution in [0.5, 0.6) is 0 Å². The minimum absolute atomic E-state index is 0.0418. The van der Waals surface area contributed by atoms with Gasteiger partial charge in [-0.05, 0) is 57.4 Å². The van der Waals surface area contributed by atoms with E-state index in [0.29, 0.717) is 17.4 Å². The fraction of sp³-hybridized carbons (Fsp3) is 0.912. The molecule has 3 atom stereocenters. The second-order valence-electron chi connectivity index (χ2n) is 24.7. The average molecular weight is 1120 g/mol. The Hall–Kier alpha value is -1.51. The molecule has 0 aromatic carbocycles. The highest BCUT2D eigenvalue weighted by atomic mass is 31.2. The molecule has 0 bridgehead atoms. The molecule has 9 nitrogen and oxygen atoms in total. The van der Waals surface area contributed by atoms with Crippen molar-refractivity contribution in [2.75, 3.05) is 40.9 Å². The van der Waals surface area contributed by atoms with Crippen LogP contribution in [-0.4, -0.2) is 74.3 Å². The number of nitrogens with zero attached hydrogens (tertiary/aromatic N) is 1. The van der Waals surface area contributed by atoms with E-state index in [1.54, 1.807) is 0 Å². The number of hydrogen-bond donors (Lipinski definition) is 2. The SMILES string of the molecule is CCCCCCCCC/C=C\CCCCCC(=O)OC(/C=C\CCCCCCCCCCCCC)C(COP(=O)(O)OCC[N+](C)(C)C)NC(=O)CCCCCCCCCCCCCCCCCCCCCCCCCCC. The van der Waals surface area contributed by atoms with Gasteiger partial charge in [-0.2, -0.15) is 0 Å². The molecule has 0 aliphatic carbocycles. The highest BCUT2D eigenvalue weighted by molar-refractivity contribution is 7.47. The molecule has 0 aliphatic rings. The Balaban J connectivity index is 5.05. The molecule has 0 saturated carbocycles. The van der Waals surface area contributed by atoms with Crippen LogP contribution in [0.3, 0.4) is 0 Å². The second-order valence-corrected chi connectivity index (χ2v) is 26.2. The van der Waals surface area contributed by atoms with Gasteiger partial charge in [-0.25, -0.2) is 4.57 Å². The fourth-order valence-electron chi connectivity index (χ4n) is 10.4. The van der Waals surface area contributed by atoms with Crippen molar-refractivity contribution in [2.24, 2.45) is 0 Å². The lowest BCUT2D eigenvalue weighted by atomic mass is 10.0. The van der Waals surface area contributed by atoms with Crippen molar-refractivity contribution in [3.8, 4) is 0 Å². The quantitative estimate of drug-likeness (QED) is 0.0205. The van der Waals surface area contributed by atoms with Gasteiger partial charge in [0, 0.05) is 12.8 Å². The maximum Gasteiger partial charge on any atom is 0.472 e. The van der Waals surface area contributed by atoms with Crippen LogP contribution in [0.1, 0.15) is 348 Å². The molecule has 462 valence electrons. The van der Waals surface area contributed by atoms with Crippen LogP contribution in [0.25, 0.3) is 0 Å². The summed E-state index contributed by atoms with van der Waals surface area (Å²) < 4.78 is 30.8. The van der Waals surface area contributed by atoms with Gasteiger partial charge in [0.05, 0.1) is 33.8 Å². The third kappa shape index (κ3) is 59.1. The van der Waals surface area contributed by atoms with Crippen molar-refractivity contribution < 1.29 is 37.3 Å². The molecule has 3 unspecified atom stereocenters. The first kappa shape index (κ1) is 76.5. The summed E-state index contributed by atoms with van der Waals surface area (Å²) in [6.07, 6.45) is 70.5. The Labute approximate surface area is 485 Å². The molecule has 0 fully saturated rings. The summed E-state index contributed by atoms with van der Waals surface area (Å²) in [5.41, 5.74) is 0. The van der Waals surface area contributed by atoms with Crippen molar-refractivity contribution in [1.82, 2.24) is 5.32 Å². The average Bonchev–Trinajstić information content (AvgIpc) is 3.40. The second kappa shape index (κ2) is 58.7. The third-order valence-electron chi connectivity index (χ3n) is 15.6. The number of ether oxygens (including phenoxy) is 1. The molecule has 0 spiro atoms. The fourth-order valence-corrected chi connectivity index (χ4v) is 11.1. The summed E-state index contributed by atoms with van der Waals surface area (Å²) in [6, 6.07) is -0.849. The Kier molecular flexibility index (Phi) is 57.5. The topological polar surface area (TPSA) is 111 Å². The smallest absolute Gasteiger partial charge is 0.456 e. The number of rotatable bonds is 63. The molecule has 10 heteroatoms. The monoisotopic (exact) mass is 1120 g/mol. The molecule has 0 radical (unpaired) electrons. The maximum absolute atomic E-state index is 13.6. The van der Waals surface area contributed by atoms with Crippen LogP contribution in [0.15, 0.2) is 24.3 Å². The number of nitrogens with one attached hydrogen (secondary N) is 1. The number of unbranched alkanes of at least 4 members (excludes halogenated alkanes) is 45. The Morgan fingerprint density at radius 2 is 0.744 bits per heavy atom. The number of carbonyl (C=O) groups is 2. The van der Waals surface area contributed by atoms with Crippen molar-refractivity contribution in [2.45, 2.75) is 360 Å². The summed E-state index contributed by atoms with van der Waals surface area (Å²) in [5, 5.41) is 3.07. The van der Waals surface area contributed by atoms with E-state index in [4.69, 9.17) is 13.8 Å². The first-order valence-electron chi connectivity index (χ1n) is 34.2. The summed E-state index contributed by atoms with van der Waals surface area (Å²) in [7, 11) is 1.51. The van der Waals surface area contributed by atoms with Gasteiger partial charge < -0.3 is 19.4 Å². The minimum atomic E-state index is -4.45. The van der Waals surface area contributed by atoms with Gasteiger partial charge in [0.25, 0.3) is 0 Å². The van der Waals surface area contributed by atoms with E-state index in [2.05, 4.69) is 38.2 Å². The van der Waals surface area contributed by atoms with Crippen LogP contribution in [-0.2, 0) is 27.9 Å². The minimum Gasteiger partial charge on any atom is -0.456 e. The van der Waals surface area contributed by atoms with E-state index in [1.807, 2.05) is 33.3 Å². The summed E-state index contributed by atoms with van der Waals surface area (Å²) in [6.45, 7) is 7.06. The molecule has 2 N–H and O–H groups in total. The number of likely N-dealkylation sites (N-methyl/N-ethyl adjacent to an activating group) is 1. The number of esters is 1. The number of quaternary nitrogens is 1. The molecule has 0 saturated heterocycles. The van der Waals surface area contributed by atoms with E-state index >= 15 is 0 Å². The molecule has 0 rings (SSSR count). The first-order valence-corrected chi connectivity index (χ1v) is 35.7. The number of carbonyl (C=O) groups excluding carboxylic acids is 2. The highest BCUT2D eigenvalue weighted by Gasteiger charge is 2.30. The zero-order valence-corrected chi connectivity index (χ0v) is 53.8. The number of allylic oxidation sites excluding steroid dienone is 3. The molecular weight excluding hydrogens is 988 g/mol. The molecule has 0 heterocycles. The summed E-state index contributed by atoms with van der Waals surface area (Å²) in [5.74, 6) is -0.504. The van der Waals surface area contributed by atoms with E-state index in [-0.39, 0.29) is 31.5 Å². The van der Waals surface area contributed by atoms with Gasteiger partial charge in [-0.1, -0.05) is 302 Å². The lowest BCUT2D eigenvalue weighted by Gasteiger charge is -2.27. The number of amides is 1. The Bertz CT molecular complexity index is 1380. The largest absolute Gasteiger partial charge is 0.472 e. The molecule has 0 aliphatic heterocycles. The predicted octanol–water partition coefficient (Wildman–Crippen LogP) is 21.3. The van der Waals surface area contributed by atoms with Crippen LogP contribution in [0.4, 0.5) is 0 Å². The van der Waals surface area contributed by atoms with Gasteiger partial charge in [-0.15, -0.1) is 0 Å². The zero-order valence-electron chi connectivity index (χ0n) is 52.9. The Morgan fingerprint density at radius 1 is 0.436 bits per heavy atom. The zero-order chi connectivity index (χ0) is 57.2. The van der Waals surface area contributed by atoms with Crippen molar-refractivity contribution in [1.29, 1.82) is 0 Å². The predicted molar refractivity (Wildman–Crippen MR) is 337 cm³/mol. The van der Waals surface area contributed by atoms with Crippen molar-refractivity contribution in [3.05, 3.63) is 24.3 Å². The van der Waals surface area contributed by atoms with Gasteiger partial charge in [0.15, 0.2) is 0 Å². The molecule has 0 aromatic heterocycles. The standard InChI is InChI=1S/C68H133N2O7P/c1-7-10-13-16-19-22-25-28-30-31-32-33-34-35-36-37-38-39-40-42-45-48-51-54-57-60-67(71)69-65(64-76-78(73,74)75-63-62-70(4,5)6)66(59-56-53-50-47-44-41-27-24-21-18-15-12-9-3)77-68(72)61-58-55-52-49-46-43-29-26-23-20-17-14-11-8-2/h43,46,56,59,65-66H,7-42,44-45,47-55,57-58,60-64H2,1-6H3,(H-,69,71,73,74)/p+1/b46-43-,59-56-. The van der Waals surface area contributed by atoms with E-state index in [9.17, 15) is 19.0 Å². The molecular formula is C68H134N2O7P+. The number of phosphoric acid groups is 1. The van der Waals surface area contributed by atoms with Gasteiger partial charge in [0.1, 0.15) is 19.3 Å². The van der Waals surface area contributed by atoms with Crippen LogP contribution < -0.4 is 5.32 Å². The lowest BCUT2D eigenvalue weighted by Crippen LogP contribution is -2.47. The lowest BCUT2D eigenvalue weighted by molar-refractivity contribution is -0.870. The van der Waals surface area contributed by atoms with E-state index in [0.717, 1.165) is 70.6 Å². The normalized spacial score (nSPS) is 13.7. The molecule has 78 heavy (non-hydrogen) atoms. The number of phosphoric ester groups is 1. The molecule has 1 amide bonds. The van der Waals surface area contributed by atoms with Crippen molar-refractivity contribution in [3.63, 3.8) is 0 Å². The van der Waals surface area contributed by atoms with E-state index in [1.165, 1.54) is 244 Å². The number of hydrogen-bond acceptors (Lipinski definition) is 6. The Morgan fingerprint density at radius 3 is 1.10 bits per heavy atom. The summed E-state index contributed by atoms with van der Waals surface area (Å²) in [4.78, 5) is 37.8. The highest BCUT2D eigenvalue weighted by Crippen LogP contribution is 2.43.